The molecule has 2 amide bonds. The number of aliphatic hydroxyl groups excluding tert-OH is 1. The highest BCUT2D eigenvalue weighted by atomic mass is 16.7. The van der Waals surface area contributed by atoms with Gasteiger partial charge in [0.25, 0.3) is 5.91 Å². The van der Waals surface area contributed by atoms with Gasteiger partial charge in [-0.2, -0.15) is 0 Å². The molecule has 1 aromatic heterocycles. The molecule has 9 nitrogen and oxygen atoms in total. The molecule has 2 aliphatic heterocycles. The minimum Gasteiger partial charge on any atom is -0.463 e. The van der Waals surface area contributed by atoms with Crippen LogP contribution in [0.3, 0.4) is 0 Å². The molecule has 170 valence electrons. The predicted molar refractivity (Wildman–Crippen MR) is 119 cm³/mol. The SMILES string of the molecule is CC(=O)N1C(C(=O)NC(C)CO)=C(c2c[nH]c3ccccc23)OC1c1ccc2c(c1)OCO2. The second-order valence-electron chi connectivity index (χ2n) is 7.95. The monoisotopic (exact) mass is 449 g/mol. The third-order valence-corrected chi connectivity index (χ3v) is 5.64. The Hall–Kier alpha value is -3.98. The summed E-state index contributed by atoms with van der Waals surface area (Å²) < 4.78 is 17.2. The Morgan fingerprint density at radius 3 is 2.79 bits per heavy atom. The number of ether oxygens (including phenoxy) is 3. The van der Waals surface area contributed by atoms with Gasteiger partial charge in [0.05, 0.1) is 6.61 Å². The van der Waals surface area contributed by atoms with Crippen LogP contribution in [0.1, 0.15) is 31.2 Å². The molecule has 2 aliphatic rings. The first-order valence-corrected chi connectivity index (χ1v) is 10.6. The number of benzene rings is 2. The van der Waals surface area contributed by atoms with Crippen molar-refractivity contribution < 1.29 is 28.9 Å². The number of nitrogens with zero attached hydrogens (tertiary/aromatic N) is 1. The first kappa shape index (κ1) is 20.9. The lowest BCUT2D eigenvalue weighted by molar-refractivity contribution is -0.136. The fourth-order valence-electron chi connectivity index (χ4n) is 4.05. The summed E-state index contributed by atoms with van der Waals surface area (Å²) in [5.74, 6) is 0.531. The third kappa shape index (κ3) is 3.56. The van der Waals surface area contributed by atoms with Crippen molar-refractivity contribution >= 4 is 28.5 Å². The minimum absolute atomic E-state index is 0.0789. The van der Waals surface area contributed by atoms with Crippen LogP contribution in [0.5, 0.6) is 11.5 Å². The summed E-state index contributed by atoms with van der Waals surface area (Å²) in [5, 5.41) is 13.0. The number of hydrogen-bond acceptors (Lipinski definition) is 6. The maximum Gasteiger partial charge on any atom is 0.272 e. The molecule has 5 rings (SSSR count). The Morgan fingerprint density at radius 2 is 2.00 bits per heavy atom. The molecular weight excluding hydrogens is 426 g/mol. The van der Waals surface area contributed by atoms with Gasteiger partial charge >= 0.3 is 0 Å². The maximum absolute atomic E-state index is 13.3. The summed E-state index contributed by atoms with van der Waals surface area (Å²) >= 11 is 0. The van der Waals surface area contributed by atoms with Crippen LogP contribution in [-0.4, -0.2) is 46.2 Å². The lowest BCUT2D eigenvalue weighted by Crippen LogP contribution is -2.41. The molecule has 2 atom stereocenters. The molecule has 2 aromatic carbocycles. The Morgan fingerprint density at radius 1 is 1.21 bits per heavy atom. The van der Waals surface area contributed by atoms with Crippen LogP contribution < -0.4 is 14.8 Å². The lowest BCUT2D eigenvalue weighted by atomic mass is 10.1. The van der Waals surface area contributed by atoms with Crippen molar-refractivity contribution in [3.63, 3.8) is 0 Å². The van der Waals surface area contributed by atoms with Gasteiger partial charge in [-0.05, 0) is 31.2 Å². The lowest BCUT2D eigenvalue weighted by Gasteiger charge is -2.25. The van der Waals surface area contributed by atoms with Crippen LogP contribution in [0.15, 0.2) is 54.4 Å². The molecule has 3 aromatic rings. The Bertz CT molecular complexity index is 1280. The van der Waals surface area contributed by atoms with Crippen LogP contribution in [0, 0.1) is 0 Å². The zero-order valence-corrected chi connectivity index (χ0v) is 18.1. The van der Waals surface area contributed by atoms with Crippen molar-refractivity contribution in [2.45, 2.75) is 26.1 Å². The van der Waals surface area contributed by atoms with E-state index in [1.165, 1.54) is 11.8 Å². The first-order chi connectivity index (χ1) is 16.0. The van der Waals surface area contributed by atoms with Gasteiger partial charge in [0.2, 0.25) is 18.9 Å². The Balaban J connectivity index is 1.64. The number of hydrogen-bond donors (Lipinski definition) is 3. The molecule has 9 heteroatoms. The highest BCUT2D eigenvalue weighted by Crippen LogP contribution is 2.45. The third-order valence-electron chi connectivity index (χ3n) is 5.64. The van der Waals surface area contributed by atoms with Crippen molar-refractivity contribution in [1.29, 1.82) is 0 Å². The van der Waals surface area contributed by atoms with Crippen molar-refractivity contribution in [1.82, 2.24) is 15.2 Å². The predicted octanol–water partition coefficient (Wildman–Crippen LogP) is 2.64. The number of fused-ring (bicyclic) bond motifs is 2. The number of amides is 2. The van der Waals surface area contributed by atoms with E-state index in [4.69, 9.17) is 14.2 Å². The van der Waals surface area contributed by atoms with Crippen molar-refractivity contribution in [2.24, 2.45) is 0 Å². The molecule has 3 heterocycles. The molecule has 0 saturated carbocycles. The van der Waals surface area contributed by atoms with Gasteiger partial charge in [-0.15, -0.1) is 0 Å². The number of carbonyl (C=O) groups excluding carboxylic acids is 2. The fraction of sp³-hybridized carbons (Fsp3) is 0.250. The Kier molecular flexibility index (Phi) is 5.18. The minimum atomic E-state index is -0.883. The maximum atomic E-state index is 13.3. The number of H-pyrrole nitrogens is 1. The molecular formula is C24H23N3O6. The molecule has 0 saturated heterocycles. The van der Waals surface area contributed by atoms with Gasteiger partial charge in [0.1, 0.15) is 0 Å². The zero-order chi connectivity index (χ0) is 23.1. The number of aromatic amines is 1. The van der Waals surface area contributed by atoms with Crippen LogP contribution in [0.2, 0.25) is 0 Å². The van der Waals surface area contributed by atoms with Crippen molar-refractivity contribution in [3.05, 3.63) is 65.5 Å². The summed E-state index contributed by atoms with van der Waals surface area (Å²) in [6, 6.07) is 12.4. The number of carbonyl (C=O) groups is 2. The van der Waals surface area contributed by atoms with Gasteiger partial charge < -0.3 is 29.6 Å². The average Bonchev–Trinajstić information content (AvgIpc) is 3.53. The molecule has 33 heavy (non-hydrogen) atoms. The number of nitrogens with one attached hydrogen (secondary N) is 2. The quantitative estimate of drug-likeness (QED) is 0.552. The van der Waals surface area contributed by atoms with E-state index in [0.29, 0.717) is 22.6 Å². The summed E-state index contributed by atoms with van der Waals surface area (Å²) in [7, 11) is 0. The number of para-hydroxylation sites is 1. The molecule has 0 aliphatic carbocycles. The number of aromatic nitrogens is 1. The van der Waals surface area contributed by atoms with E-state index in [9.17, 15) is 14.7 Å². The molecule has 0 radical (unpaired) electrons. The standard InChI is InChI=1S/C24H23N3O6/c1-13(11-28)26-23(30)21-22(17-10-25-18-6-4-3-5-16(17)18)33-24(27(21)14(2)29)15-7-8-19-20(9-15)32-12-31-19/h3-10,13,24-25,28H,11-12H2,1-2H3,(H,26,30). The molecule has 2 unspecified atom stereocenters. The molecule has 0 fully saturated rings. The van der Waals surface area contributed by atoms with Gasteiger partial charge in [-0.1, -0.05) is 18.2 Å². The van der Waals surface area contributed by atoms with E-state index in [-0.39, 0.29) is 30.8 Å². The number of rotatable bonds is 5. The highest BCUT2D eigenvalue weighted by Gasteiger charge is 2.42. The van der Waals surface area contributed by atoms with Crippen LogP contribution >= 0.6 is 0 Å². The van der Waals surface area contributed by atoms with E-state index in [1.54, 1.807) is 31.3 Å². The van der Waals surface area contributed by atoms with Gasteiger partial charge in [0, 0.05) is 41.2 Å². The van der Waals surface area contributed by atoms with Crippen LogP contribution in [-0.2, 0) is 14.3 Å². The van der Waals surface area contributed by atoms with Crippen molar-refractivity contribution in [2.75, 3.05) is 13.4 Å². The van der Waals surface area contributed by atoms with Crippen LogP contribution in [0.4, 0.5) is 0 Å². The molecule has 0 bridgehead atoms. The van der Waals surface area contributed by atoms with E-state index < -0.39 is 18.2 Å². The highest BCUT2D eigenvalue weighted by molar-refractivity contribution is 6.06. The largest absolute Gasteiger partial charge is 0.463 e. The smallest absolute Gasteiger partial charge is 0.272 e. The second-order valence-corrected chi connectivity index (χ2v) is 7.95. The van der Waals surface area contributed by atoms with E-state index in [2.05, 4.69) is 10.3 Å². The fourth-order valence-corrected chi connectivity index (χ4v) is 4.05. The summed E-state index contributed by atoms with van der Waals surface area (Å²) in [6.45, 7) is 2.93. The second kappa shape index (κ2) is 8.18. The topological polar surface area (TPSA) is 113 Å². The van der Waals surface area contributed by atoms with Gasteiger partial charge in [0.15, 0.2) is 23.0 Å². The van der Waals surface area contributed by atoms with E-state index in [1.807, 2.05) is 24.3 Å². The van der Waals surface area contributed by atoms with Gasteiger partial charge in [-0.25, -0.2) is 0 Å². The summed E-state index contributed by atoms with van der Waals surface area (Å²) in [5.41, 5.74) is 2.23. The van der Waals surface area contributed by atoms with Crippen LogP contribution in [0.25, 0.3) is 16.7 Å². The Labute approximate surface area is 189 Å². The molecule has 3 N–H and O–H groups in total. The average molecular weight is 449 g/mol. The summed E-state index contributed by atoms with van der Waals surface area (Å²) in [6.07, 6.45) is 0.870. The first-order valence-electron chi connectivity index (χ1n) is 10.6. The summed E-state index contributed by atoms with van der Waals surface area (Å²) in [4.78, 5) is 30.7. The number of aliphatic hydroxyl groups is 1. The van der Waals surface area contributed by atoms with E-state index in [0.717, 1.165) is 10.9 Å². The van der Waals surface area contributed by atoms with Gasteiger partial charge in [-0.3, -0.25) is 14.5 Å². The molecule has 0 spiro atoms. The zero-order valence-electron chi connectivity index (χ0n) is 18.1. The van der Waals surface area contributed by atoms with Crippen molar-refractivity contribution in [3.8, 4) is 11.5 Å². The normalized spacial score (nSPS) is 17.9. The van der Waals surface area contributed by atoms with E-state index >= 15 is 0 Å².